The van der Waals surface area contributed by atoms with Crippen molar-refractivity contribution in [2.75, 3.05) is 26.8 Å². The molecule has 1 aliphatic heterocycles. The van der Waals surface area contributed by atoms with E-state index in [-0.39, 0.29) is 19.3 Å². The summed E-state index contributed by atoms with van der Waals surface area (Å²) in [6.07, 6.45) is 0.503. The van der Waals surface area contributed by atoms with E-state index in [0.29, 0.717) is 54.0 Å². The van der Waals surface area contributed by atoms with Gasteiger partial charge in [-0.25, -0.2) is 14.5 Å². The third-order valence-corrected chi connectivity index (χ3v) is 5.72. The van der Waals surface area contributed by atoms with Crippen molar-refractivity contribution in [3.8, 4) is 17.1 Å². The molecular formula is C23H33N5O6. The second-order valence-electron chi connectivity index (χ2n) is 9.00. The first kappa shape index (κ1) is 25.4. The van der Waals surface area contributed by atoms with Gasteiger partial charge in [0.2, 0.25) is 0 Å². The lowest BCUT2D eigenvalue weighted by Gasteiger charge is -2.27. The number of pyridine rings is 1. The van der Waals surface area contributed by atoms with E-state index in [4.69, 9.17) is 14.2 Å². The quantitative estimate of drug-likeness (QED) is 0.582. The Hall–Kier alpha value is -3.21. The van der Waals surface area contributed by atoms with Crippen molar-refractivity contribution in [3.05, 3.63) is 23.5 Å². The average Bonchev–Trinajstić information content (AvgIpc) is 3.17. The fourth-order valence-corrected chi connectivity index (χ4v) is 3.55. The van der Waals surface area contributed by atoms with E-state index in [9.17, 15) is 14.7 Å². The van der Waals surface area contributed by atoms with Gasteiger partial charge in [0.05, 0.1) is 30.5 Å². The van der Waals surface area contributed by atoms with Crippen LogP contribution in [0.3, 0.4) is 0 Å². The zero-order valence-electron chi connectivity index (χ0n) is 20.4. The molecule has 2 atom stereocenters. The van der Waals surface area contributed by atoms with Crippen LogP contribution < -0.4 is 4.74 Å². The molecule has 1 N–H and O–H groups in total. The molecule has 11 nitrogen and oxygen atoms in total. The Morgan fingerprint density at radius 1 is 1.32 bits per heavy atom. The van der Waals surface area contributed by atoms with E-state index in [1.54, 1.807) is 42.7 Å². The number of aromatic nitrogens is 4. The van der Waals surface area contributed by atoms with Gasteiger partial charge >= 0.3 is 12.1 Å². The highest BCUT2D eigenvalue weighted by molar-refractivity contribution is 5.70. The van der Waals surface area contributed by atoms with Crippen molar-refractivity contribution in [2.24, 2.45) is 18.9 Å². The van der Waals surface area contributed by atoms with Gasteiger partial charge in [-0.15, -0.1) is 5.10 Å². The zero-order valence-corrected chi connectivity index (χ0v) is 20.4. The number of ether oxygens (including phenoxy) is 3. The predicted molar refractivity (Wildman–Crippen MR) is 122 cm³/mol. The highest BCUT2D eigenvalue weighted by Crippen LogP contribution is 2.27. The number of aryl methyl sites for hydroxylation is 2. The molecule has 0 bridgehead atoms. The van der Waals surface area contributed by atoms with Gasteiger partial charge in [0, 0.05) is 27.1 Å². The molecule has 1 saturated heterocycles. The van der Waals surface area contributed by atoms with Crippen LogP contribution in [-0.4, -0.2) is 75.0 Å². The largest absolute Gasteiger partial charge is 0.486 e. The minimum atomic E-state index is -0.888. The third kappa shape index (κ3) is 6.43. The summed E-state index contributed by atoms with van der Waals surface area (Å²) >= 11 is 0. The normalized spacial score (nSPS) is 18.1. The summed E-state index contributed by atoms with van der Waals surface area (Å²) in [7, 11) is 3.45. The van der Waals surface area contributed by atoms with Crippen LogP contribution in [-0.2, 0) is 27.9 Å². The number of carbonyl (C=O) groups excluding carboxylic acids is 1. The monoisotopic (exact) mass is 475 g/mol. The lowest BCUT2D eigenvalue weighted by molar-refractivity contribution is -0.149. The summed E-state index contributed by atoms with van der Waals surface area (Å²) in [5.41, 5.74) is 2.33. The number of amides is 1. The maximum atomic E-state index is 12.3. The smallest absolute Gasteiger partial charge is 0.409 e. The van der Waals surface area contributed by atoms with E-state index in [1.165, 1.54) is 0 Å². The standard InChI is InChI=1S/C23H33N5O6/c1-14(2)8-9-27(4)23(31)33-13-19-21(25-26-28(19)5)18-6-7-20(15(3)24-18)34-17-10-16(22(29)30)11-32-12-17/h6-7,14,16-17H,8-13H2,1-5H3,(H,29,30)/t16-,17-/m0/s1. The molecule has 1 amide bonds. The maximum absolute atomic E-state index is 12.3. The number of nitrogens with zero attached hydrogens (tertiary/aromatic N) is 5. The first-order valence-electron chi connectivity index (χ1n) is 11.4. The highest BCUT2D eigenvalue weighted by Gasteiger charge is 2.29. The molecule has 0 spiro atoms. The molecule has 0 aliphatic carbocycles. The van der Waals surface area contributed by atoms with Gasteiger partial charge in [-0.1, -0.05) is 19.1 Å². The van der Waals surface area contributed by atoms with Crippen LogP contribution in [0.5, 0.6) is 5.75 Å². The molecule has 34 heavy (non-hydrogen) atoms. The van der Waals surface area contributed by atoms with Crippen molar-refractivity contribution in [3.63, 3.8) is 0 Å². The lowest BCUT2D eigenvalue weighted by Crippen LogP contribution is -2.37. The molecule has 1 fully saturated rings. The second kappa shape index (κ2) is 11.3. The summed E-state index contributed by atoms with van der Waals surface area (Å²) in [6.45, 7) is 7.17. The topological polar surface area (TPSA) is 129 Å². The first-order chi connectivity index (χ1) is 16.2. The summed E-state index contributed by atoms with van der Waals surface area (Å²) < 4.78 is 18.4. The van der Waals surface area contributed by atoms with Gasteiger partial charge in [0.1, 0.15) is 29.8 Å². The fourth-order valence-electron chi connectivity index (χ4n) is 3.55. The summed E-state index contributed by atoms with van der Waals surface area (Å²) in [6, 6.07) is 3.52. The summed E-state index contributed by atoms with van der Waals surface area (Å²) in [5.74, 6) is -0.429. The first-order valence-corrected chi connectivity index (χ1v) is 11.4. The third-order valence-electron chi connectivity index (χ3n) is 5.72. The Kier molecular flexibility index (Phi) is 8.43. The van der Waals surface area contributed by atoms with Gasteiger partial charge in [0.25, 0.3) is 0 Å². The second-order valence-corrected chi connectivity index (χ2v) is 9.00. The molecule has 186 valence electrons. The predicted octanol–water partition coefficient (Wildman–Crippen LogP) is 2.67. The molecule has 2 aromatic rings. The van der Waals surface area contributed by atoms with Crippen LogP contribution in [0.1, 0.15) is 38.1 Å². The molecule has 2 aromatic heterocycles. The molecule has 3 heterocycles. The van der Waals surface area contributed by atoms with Gasteiger partial charge in [-0.3, -0.25) is 4.79 Å². The highest BCUT2D eigenvalue weighted by atomic mass is 16.6. The molecule has 0 saturated carbocycles. The SMILES string of the molecule is Cc1nc(-c2nnn(C)c2COC(=O)N(C)CCC(C)C)ccc1O[C@@H]1COC[C@@H](C(=O)O)C1. The Labute approximate surface area is 199 Å². The minimum absolute atomic E-state index is 0.0126. The van der Waals surface area contributed by atoms with Gasteiger partial charge in [-0.05, 0) is 31.4 Å². The van der Waals surface area contributed by atoms with E-state index in [0.717, 1.165) is 6.42 Å². The van der Waals surface area contributed by atoms with Crippen LogP contribution >= 0.6 is 0 Å². The average molecular weight is 476 g/mol. The molecule has 0 radical (unpaired) electrons. The van der Waals surface area contributed by atoms with Crippen molar-refractivity contribution >= 4 is 12.1 Å². The van der Waals surface area contributed by atoms with E-state index < -0.39 is 18.0 Å². The number of hydrogen-bond donors (Lipinski definition) is 1. The molecule has 0 aromatic carbocycles. The Balaban J connectivity index is 1.67. The fraction of sp³-hybridized carbons (Fsp3) is 0.609. The molecular weight excluding hydrogens is 442 g/mol. The molecule has 11 heteroatoms. The zero-order chi connectivity index (χ0) is 24.8. The Bertz CT molecular complexity index is 1010. The van der Waals surface area contributed by atoms with Crippen molar-refractivity contribution in [1.29, 1.82) is 0 Å². The summed E-state index contributed by atoms with van der Waals surface area (Å²) in [5, 5.41) is 17.5. The number of rotatable bonds is 9. The van der Waals surface area contributed by atoms with E-state index in [2.05, 4.69) is 29.1 Å². The van der Waals surface area contributed by atoms with Gasteiger partial charge in [-0.2, -0.15) is 0 Å². The van der Waals surface area contributed by atoms with Crippen molar-refractivity contribution in [2.45, 2.75) is 46.3 Å². The van der Waals surface area contributed by atoms with Gasteiger partial charge < -0.3 is 24.2 Å². The number of carboxylic acids is 1. The molecule has 3 rings (SSSR count). The van der Waals surface area contributed by atoms with Crippen LogP contribution in [0, 0.1) is 18.8 Å². The van der Waals surface area contributed by atoms with Crippen LogP contribution in [0.25, 0.3) is 11.4 Å². The Morgan fingerprint density at radius 3 is 2.76 bits per heavy atom. The van der Waals surface area contributed by atoms with Crippen LogP contribution in [0.4, 0.5) is 4.79 Å². The minimum Gasteiger partial charge on any atom is -0.486 e. The number of carboxylic acid groups (broad SMARTS) is 1. The number of hydrogen-bond acceptors (Lipinski definition) is 8. The van der Waals surface area contributed by atoms with Gasteiger partial charge in [0.15, 0.2) is 0 Å². The lowest BCUT2D eigenvalue weighted by atomic mass is 10.0. The van der Waals surface area contributed by atoms with E-state index >= 15 is 0 Å². The number of aliphatic carboxylic acids is 1. The van der Waals surface area contributed by atoms with Crippen LogP contribution in [0.2, 0.25) is 0 Å². The summed E-state index contributed by atoms with van der Waals surface area (Å²) in [4.78, 5) is 29.7. The van der Waals surface area contributed by atoms with Crippen molar-refractivity contribution < 1.29 is 28.9 Å². The van der Waals surface area contributed by atoms with Crippen molar-refractivity contribution in [1.82, 2.24) is 24.9 Å². The number of carbonyl (C=O) groups is 2. The van der Waals surface area contributed by atoms with Crippen LogP contribution in [0.15, 0.2) is 12.1 Å². The molecule has 1 aliphatic rings. The molecule has 0 unspecified atom stereocenters. The maximum Gasteiger partial charge on any atom is 0.409 e. The van der Waals surface area contributed by atoms with E-state index in [1.807, 2.05) is 0 Å². The Morgan fingerprint density at radius 2 is 2.09 bits per heavy atom.